The second-order valence-corrected chi connectivity index (χ2v) is 6.84. The minimum Gasteiger partial charge on any atom is -0.494 e. The molecule has 1 saturated carbocycles. The summed E-state index contributed by atoms with van der Waals surface area (Å²) in [4.78, 5) is 17.9. The predicted molar refractivity (Wildman–Crippen MR) is 106 cm³/mol. The van der Waals surface area contributed by atoms with Crippen LogP contribution in [-0.2, 0) is 11.2 Å². The summed E-state index contributed by atoms with van der Waals surface area (Å²) in [6, 6.07) is 8.61. The molecule has 144 valence electrons. The van der Waals surface area contributed by atoms with E-state index < -0.39 is 0 Å². The van der Waals surface area contributed by atoms with Gasteiger partial charge >= 0.3 is 0 Å². The number of ether oxygens (including phenoxy) is 1. The van der Waals surface area contributed by atoms with E-state index in [-0.39, 0.29) is 12.5 Å². The quantitative estimate of drug-likeness (QED) is 0.551. The summed E-state index contributed by atoms with van der Waals surface area (Å²) in [5.41, 5.74) is 1.22. The third kappa shape index (κ3) is 6.94. The van der Waals surface area contributed by atoms with Crippen molar-refractivity contribution in [3.8, 4) is 5.75 Å². The van der Waals surface area contributed by atoms with Gasteiger partial charge in [0.25, 0.3) is 0 Å². The lowest BCUT2D eigenvalue weighted by atomic mass is 10.1. The number of amides is 1. The predicted octanol–water partition coefficient (Wildman–Crippen LogP) is 2.19. The highest BCUT2D eigenvalue weighted by Crippen LogP contribution is 2.17. The fraction of sp³-hybridized carbons (Fsp3) is 0.600. The molecule has 0 spiro atoms. The van der Waals surface area contributed by atoms with Crippen molar-refractivity contribution in [1.82, 2.24) is 15.5 Å². The minimum atomic E-state index is 0.00179. The number of benzene rings is 1. The van der Waals surface area contributed by atoms with E-state index >= 15 is 0 Å². The number of likely N-dealkylation sites (N-methyl/N-ethyl adjacent to an activating group) is 1. The summed E-state index contributed by atoms with van der Waals surface area (Å²) in [7, 11) is 3.50. The van der Waals surface area contributed by atoms with Gasteiger partial charge in [0.1, 0.15) is 12.3 Å². The number of hydrogen-bond donors (Lipinski definition) is 2. The highest BCUT2D eigenvalue weighted by Gasteiger charge is 2.16. The van der Waals surface area contributed by atoms with E-state index in [1.165, 1.54) is 31.2 Å². The first kappa shape index (κ1) is 20.1. The summed E-state index contributed by atoms with van der Waals surface area (Å²) in [6.45, 7) is 3.57. The molecule has 1 aliphatic rings. The van der Waals surface area contributed by atoms with Crippen molar-refractivity contribution in [1.29, 1.82) is 0 Å². The number of hydrogen-bond acceptors (Lipinski definition) is 3. The van der Waals surface area contributed by atoms with Crippen LogP contribution in [0.2, 0.25) is 0 Å². The highest BCUT2D eigenvalue weighted by atomic mass is 16.5. The molecule has 1 amide bonds. The Hall–Kier alpha value is -2.24. The number of guanidine groups is 1. The molecule has 1 aromatic rings. The van der Waals surface area contributed by atoms with Crippen LogP contribution in [0, 0.1) is 0 Å². The lowest BCUT2D eigenvalue weighted by Gasteiger charge is -2.18. The summed E-state index contributed by atoms with van der Waals surface area (Å²) < 4.78 is 5.55. The topological polar surface area (TPSA) is 66.0 Å². The Morgan fingerprint density at radius 3 is 2.77 bits per heavy atom. The molecule has 0 aliphatic heterocycles. The fourth-order valence-electron chi connectivity index (χ4n) is 2.99. The van der Waals surface area contributed by atoms with Crippen LogP contribution in [0.4, 0.5) is 0 Å². The van der Waals surface area contributed by atoms with Gasteiger partial charge in [-0.1, -0.05) is 25.0 Å². The molecule has 2 rings (SSSR count). The summed E-state index contributed by atoms with van der Waals surface area (Å²) in [5, 5.41) is 6.84. The molecule has 0 radical (unpaired) electrons. The van der Waals surface area contributed by atoms with Gasteiger partial charge in [-0.05, 0) is 43.9 Å². The normalized spacial score (nSPS) is 15.0. The van der Waals surface area contributed by atoms with Crippen molar-refractivity contribution in [2.24, 2.45) is 4.99 Å². The first-order valence-electron chi connectivity index (χ1n) is 9.55. The second kappa shape index (κ2) is 10.7. The number of carbonyl (C=O) groups excluding carboxylic acids is 1. The summed E-state index contributed by atoms with van der Waals surface area (Å²) in [5.74, 6) is 1.63. The second-order valence-electron chi connectivity index (χ2n) is 6.84. The maximum atomic E-state index is 11.8. The molecule has 6 nitrogen and oxygen atoms in total. The van der Waals surface area contributed by atoms with Gasteiger partial charge in [0.05, 0.1) is 6.61 Å². The molecule has 1 aliphatic carbocycles. The van der Waals surface area contributed by atoms with Gasteiger partial charge in [-0.2, -0.15) is 0 Å². The summed E-state index contributed by atoms with van der Waals surface area (Å²) in [6.07, 6.45) is 5.71. The zero-order valence-electron chi connectivity index (χ0n) is 16.3. The van der Waals surface area contributed by atoms with Crippen LogP contribution >= 0.6 is 0 Å². The van der Waals surface area contributed by atoms with Crippen molar-refractivity contribution in [2.45, 2.75) is 45.1 Å². The van der Waals surface area contributed by atoms with Gasteiger partial charge in [-0.15, -0.1) is 0 Å². The molecule has 0 unspecified atom stereocenters. The third-order valence-electron chi connectivity index (χ3n) is 4.48. The smallest absolute Gasteiger partial charge is 0.243 e. The molecule has 6 heteroatoms. The molecule has 0 atom stereocenters. The lowest BCUT2D eigenvalue weighted by Crippen LogP contribution is -2.43. The van der Waals surface area contributed by atoms with Crippen LogP contribution in [0.25, 0.3) is 0 Å². The molecule has 0 saturated heterocycles. The van der Waals surface area contributed by atoms with Crippen LogP contribution < -0.4 is 15.4 Å². The zero-order chi connectivity index (χ0) is 18.8. The molecule has 1 fully saturated rings. The number of nitrogens with one attached hydrogen (secondary N) is 2. The standard InChI is InChI=1S/C20H32N4O2/c1-4-26-18-11-7-8-16(14-18)12-13-21-20(22-15-19(25)24(2)3)23-17-9-5-6-10-17/h7-8,11,14,17H,4-6,9-10,12-13,15H2,1-3H3,(H2,21,22,23). The Labute approximate surface area is 157 Å². The van der Waals surface area contributed by atoms with Crippen LogP contribution in [0.1, 0.15) is 38.2 Å². The van der Waals surface area contributed by atoms with Crippen molar-refractivity contribution in [2.75, 3.05) is 33.8 Å². The Morgan fingerprint density at radius 1 is 1.31 bits per heavy atom. The molecular weight excluding hydrogens is 328 g/mol. The molecular formula is C20H32N4O2. The third-order valence-corrected chi connectivity index (χ3v) is 4.48. The van der Waals surface area contributed by atoms with Gasteiger partial charge in [-0.3, -0.25) is 4.79 Å². The Balaban J connectivity index is 1.89. The van der Waals surface area contributed by atoms with Crippen molar-refractivity contribution >= 4 is 11.9 Å². The average molecular weight is 361 g/mol. The van der Waals surface area contributed by atoms with E-state index in [9.17, 15) is 4.79 Å². The van der Waals surface area contributed by atoms with Crippen LogP contribution in [-0.4, -0.2) is 56.6 Å². The Bertz CT molecular complexity index is 595. The molecule has 2 N–H and O–H groups in total. The number of aliphatic imine (C=N–C) groups is 1. The zero-order valence-corrected chi connectivity index (χ0v) is 16.3. The minimum absolute atomic E-state index is 0.00179. The van der Waals surface area contributed by atoms with E-state index in [1.807, 2.05) is 19.1 Å². The maximum Gasteiger partial charge on any atom is 0.243 e. The highest BCUT2D eigenvalue weighted by molar-refractivity contribution is 5.84. The first-order valence-corrected chi connectivity index (χ1v) is 9.55. The van der Waals surface area contributed by atoms with Crippen molar-refractivity contribution in [3.63, 3.8) is 0 Å². The molecule has 26 heavy (non-hydrogen) atoms. The Kier molecular flexibility index (Phi) is 8.25. The van der Waals surface area contributed by atoms with E-state index in [4.69, 9.17) is 4.74 Å². The van der Waals surface area contributed by atoms with Gasteiger partial charge in [0.2, 0.25) is 5.91 Å². The van der Waals surface area contributed by atoms with Crippen molar-refractivity contribution in [3.05, 3.63) is 29.8 Å². The van der Waals surface area contributed by atoms with E-state index in [2.05, 4.69) is 27.8 Å². The van der Waals surface area contributed by atoms with Gasteiger partial charge in [-0.25, -0.2) is 4.99 Å². The lowest BCUT2D eigenvalue weighted by molar-refractivity contribution is -0.127. The molecule has 0 heterocycles. The number of rotatable bonds is 8. The van der Waals surface area contributed by atoms with Gasteiger partial charge in [0.15, 0.2) is 5.96 Å². The van der Waals surface area contributed by atoms with Crippen LogP contribution in [0.15, 0.2) is 29.3 Å². The van der Waals surface area contributed by atoms with Crippen LogP contribution in [0.3, 0.4) is 0 Å². The average Bonchev–Trinajstić information content (AvgIpc) is 3.13. The van der Waals surface area contributed by atoms with Crippen LogP contribution in [0.5, 0.6) is 5.75 Å². The van der Waals surface area contributed by atoms with Gasteiger partial charge in [0, 0.05) is 26.7 Å². The summed E-state index contributed by atoms with van der Waals surface area (Å²) >= 11 is 0. The first-order chi connectivity index (χ1) is 12.6. The van der Waals surface area contributed by atoms with Gasteiger partial charge < -0.3 is 20.3 Å². The van der Waals surface area contributed by atoms with Crippen molar-refractivity contribution < 1.29 is 9.53 Å². The SMILES string of the molecule is CCOc1cccc(CCNC(=NCC(=O)N(C)C)NC2CCCC2)c1. The molecule has 0 bridgehead atoms. The van der Waals surface area contributed by atoms with E-state index in [0.717, 1.165) is 24.7 Å². The van der Waals surface area contributed by atoms with E-state index in [1.54, 1.807) is 19.0 Å². The molecule has 1 aromatic carbocycles. The number of nitrogens with zero attached hydrogens (tertiary/aromatic N) is 2. The molecule has 0 aromatic heterocycles. The number of carbonyl (C=O) groups is 1. The maximum absolute atomic E-state index is 11.8. The fourth-order valence-corrected chi connectivity index (χ4v) is 2.99. The van der Waals surface area contributed by atoms with E-state index in [0.29, 0.717) is 12.6 Å². The Morgan fingerprint density at radius 2 is 2.08 bits per heavy atom. The monoisotopic (exact) mass is 360 g/mol. The largest absolute Gasteiger partial charge is 0.494 e.